The SMILES string of the molecule is N#Cc1ccccc1-c1cc(-c2cc(C#N)c(-n3c4ccc(-n5c6ccccc6c6ccccc65)cc4c4cc(-n5c6ccccc6c6ccccc65)ccc43)cc2C#N)nc(-c2ccccc2C#N)n1. The van der Waals surface area contributed by atoms with Gasteiger partial charge in [-0.2, -0.15) is 21.0 Å². The molecule has 0 fully saturated rings. The van der Waals surface area contributed by atoms with Crippen LogP contribution in [0.2, 0.25) is 0 Å². The molecule has 326 valence electrons. The third-order valence-electron chi connectivity index (χ3n) is 13.6. The summed E-state index contributed by atoms with van der Waals surface area (Å²) in [7, 11) is 0. The molecule has 4 aromatic heterocycles. The molecule has 0 unspecified atom stereocenters. The number of hydrogen-bond acceptors (Lipinski definition) is 6. The molecule has 13 aromatic rings. The molecule has 9 nitrogen and oxygen atoms in total. The van der Waals surface area contributed by atoms with Crippen LogP contribution in [0, 0.1) is 45.3 Å². The summed E-state index contributed by atoms with van der Waals surface area (Å²) >= 11 is 0. The molecule has 0 aliphatic heterocycles. The highest BCUT2D eigenvalue weighted by Crippen LogP contribution is 2.41. The van der Waals surface area contributed by atoms with Crippen molar-refractivity contribution in [1.82, 2.24) is 23.7 Å². The molecular formula is C62H33N9. The van der Waals surface area contributed by atoms with Crippen molar-refractivity contribution < 1.29 is 0 Å². The Bertz CT molecular complexity index is 4240. The fraction of sp³-hybridized carbons (Fsp3) is 0. The van der Waals surface area contributed by atoms with Crippen molar-refractivity contribution in [2.45, 2.75) is 0 Å². The van der Waals surface area contributed by atoms with Crippen LogP contribution >= 0.6 is 0 Å². The van der Waals surface area contributed by atoms with E-state index in [-0.39, 0.29) is 11.4 Å². The number of para-hydroxylation sites is 4. The molecule has 0 radical (unpaired) electrons. The number of nitriles is 4. The van der Waals surface area contributed by atoms with Crippen molar-refractivity contribution in [3.63, 3.8) is 0 Å². The number of rotatable bonds is 6. The second kappa shape index (κ2) is 16.0. The first-order chi connectivity index (χ1) is 35.0. The minimum absolute atomic E-state index is 0.245. The van der Waals surface area contributed by atoms with Gasteiger partial charge in [0.2, 0.25) is 0 Å². The fourth-order valence-electron chi connectivity index (χ4n) is 10.5. The maximum absolute atomic E-state index is 11.2. The Hall–Kier alpha value is -10.6. The van der Waals surface area contributed by atoms with E-state index in [0.29, 0.717) is 50.5 Å². The summed E-state index contributed by atoms with van der Waals surface area (Å²) in [6, 6.07) is 75.6. The first-order valence-electron chi connectivity index (χ1n) is 23.0. The van der Waals surface area contributed by atoms with Crippen LogP contribution in [0.25, 0.3) is 116 Å². The van der Waals surface area contributed by atoms with Gasteiger partial charge in [0.1, 0.15) is 6.07 Å². The molecule has 0 aliphatic carbocycles. The van der Waals surface area contributed by atoms with Crippen molar-refractivity contribution in [3.05, 3.63) is 222 Å². The van der Waals surface area contributed by atoms with Crippen LogP contribution in [0.3, 0.4) is 0 Å². The lowest BCUT2D eigenvalue weighted by molar-refractivity contribution is 1.14. The molecule has 0 aliphatic rings. The lowest BCUT2D eigenvalue weighted by Gasteiger charge is -2.15. The van der Waals surface area contributed by atoms with Gasteiger partial charge in [0.05, 0.1) is 90.6 Å². The molecule has 9 aromatic carbocycles. The summed E-state index contributed by atoms with van der Waals surface area (Å²) < 4.78 is 6.70. The Morgan fingerprint density at radius 3 is 1.17 bits per heavy atom. The fourth-order valence-corrected chi connectivity index (χ4v) is 10.5. The Kier molecular flexibility index (Phi) is 9.19. The van der Waals surface area contributed by atoms with Crippen molar-refractivity contribution in [1.29, 1.82) is 21.0 Å². The van der Waals surface area contributed by atoms with Crippen LogP contribution in [0.1, 0.15) is 22.3 Å². The lowest BCUT2D eigenvalue weighted by atomic mass is 9.97. The topological polar surface area (TPSA) is 136 Å². The van der Waals surface area contributed by atoms with E-state index in [9.17, 15) is 21.0 Å². The summed E-state index contributed by atoms with van der Waals surface area (Å²) in [6.45, 7) is 0. The highest BCUT2D eigenvalue weighted by molar-refractivity contribution is 6.14. The molecule has 0 atom stereocenters. The summed E-state index contributed by atoms with van der Waals surface area (Å²) in [5, 5.41) is 49.1. The Balaban J connectivity index is 1.07. The quantitative estimate of drug-likeness (QED) is 0.163. The van der Waals surface area contributed by atoms with Gasteiger partial charge in [0.15, 0.2) is 5.82 Å². The van der Waals surface area contributed by atoms with E-state index < -0.39 is 0 Å². The van der Waals surface area contributed by atoms with Crippen LogP contribution in [0.5, 0.6) is 0 Å². The van der Waals surface area contributed by atoms with Gasteiger partial charge in [-0.15, -0.1) is 0 Å². The van der Waals surface area contributed by atoms with Gasteiger partial charge in [0, 0.05) is 60.4 Å². The van der Waals surface area contributed by atoms with Crippen LogP contribution < -0.4 is 0 Å². The second-order valence-electron chi connectivity index (χ2n) is 17.4. The monoisotopic (exact) mass is 903 g/mol. The molecular weight excluding hydrogens is 871 g/mol. The Morgan fingerprint density at radius 1 is 0.296 bits per heavy atom. The summed E-state index contributed by atoms with van der Waals surface area (Å²) in [6.07, 6.45) is 0. The molecule has 4 heterocycles. The van der Waals surface area contributed by atoms with E-state index in [4.69, 9.17) is 9.97 Å². The van der Waals surface area contributed by atoms with Gasteiger partial charge in [-0.25, -0.2) is 9.97 Å². The van der Waals surface area contributed by atoms with E-state index in [1.807, 2.05) is 12.1 Å². The molecule has 0 spiro atoms. The summed E-state index contributed by atoms with van der Waals surface area (Å²) in [4.78, 5) is 9.87. The molecule has 0 saturated heterocycles. The van der Waals surface area contributed by atoms with E-state index in [1.165, 1.54) is 0 Å². The minimum atomic E-state index is 0.245. The zero-order chi connectivity index (χ0) is 47.7. The van der Waals surface area contributed by atoms with Crippen LogP contribution in [-0.2, 0) is 0 Å². The molecule has 0 amide bonds. The minimum Gasteiger partial charge on any atom is -0.309 e. The molecule has 13 rings (SSSR count). The number of nitrogens with zero attached hydrogens (tertiary/aromatic N) is 9. The van der Waals surface area contributed by atoms with Gasteiger partial charge in [0.25, 0.3) is 0 Å². The van der Waals surface area contributed by atoms with Crippen molar-refractivity contribution in [3.8, 4) is 75.2 Å². The molecule has 9 heteroatoms. The van der Waals surface area contributed by atoms with Gasteiger partial charge in [-0.3, -0.25) is 0 Å². The molecule has 71 heavy (non-hydrogen) atoms. The maximum Gasteiger partial charge on any atom is 0.161 e. The first-order valence-corrected chi connectivity index (χ1v) is 23.0. The average Bonchev–Trinajstić information content (AvgIpc) is 4.08. The first kappa shape index (κ1) is 40.7. The van der Waals surface area contributed by atoms with E-state index >= 15 is 0 Å². The normalized spacial score (nSPS) is 11.3. The second-order valence-corrected chi connectivity index (χ2v) is 17.4. The largest absolute Gasteiger partial charge is 0.309 e. The molecule has 0 saturated carbocycles. The number of benzene rings is 9. The summed E-state index contributed by atoms with van der Waals surface area (Å²) in [5.74, 6) is 0.245. The predicted octanol–water partition coefficient (Wildman–Crippen LogP) is 14.3. The van der Waals surface area contributed by atoms with Gasteiger partial charge in [-0.05, 0) is 97.1 Å². The number of fused-ring (bicyclic) bond motifs is 9. The highest BCUT2D eigenvalue weighted by atomic mass is 15.0. The number of hydrogen-bond donors (Lipinski definition) is 0. The van der Waals surface area contributed by atoms with Gasteiger partial charge < -0.3 is 13.7 Å². The van der Waals surface area contributed by atoms with Crippen molar-refractivity contribution in [2.75, 3.05) is 0 Å². The average molecular weight is 904 g/mol. The zero-order valence-corrected chi connectivity index (χ0v) is 37.6. The van der Waals surface area contributed by atoms with Crippen LogP contribution in [0.15, 0.2) is 200 Å². The Morgan fingerprint density at radius 2 is 0.690 bits per heavy atom. The van der Waals surface area contributed by atoms with Crippen molar-refractivity contribution >= 4 is 65.4 Å². The third-order valence-corrected chi connectivity index (χ3v) is 13.6. The highest BCUT2D eigenvalue weighted by Gasteiger charge is 2.23. The zero-order valence-electron chi connectivity index (χ0n) is 37.6. The van der Waals surface area contributed by atoms with Gasteiger partial charge >= 0.3 is 0 Å². The van der Waals surface area contributed by atoms with Crippen LogP contribution in [-0.4, -0.2) is 23.7 Å². The number of aromatic nitrogens is 5. The van der Waals surface area contributed by atoms with E-state index in [1.54, 1.807) is 54.6 Å². The standard InChI is InChI=1S/C62H33N9/c63-34-38-13-1-3-15-44(38)53-33-54(68-62(67-53)45-16-4-2-14-39(45)35-64)50-29-41(37-66)61(30-40(50)36-65)71-59-27-25-42(69-55-21-9-5-17-46(55)47-18-6-10-22-56(47)69)31-51(59)52-32-43(26-28-60(52)71)70-57-23-11-7-19-48(57)49-20-8-12-24-58(49)70/h1-33H. The molecule has 0 N–H and O–H groups in total. The summed E-state index contributed by atoms with van der Waals surface area (Å²) in [5.41, 5.74) is 12.2. The van der Waals surface area contributed by atoms with E-state index in [0.717, 1.165) is 76.8 Å². The van der Waals surface area contributed by atoms with Crippen molar-refractivity contribution in [2.24, 2.45) is 0 Å². The smallest absolute Gasteiger partial charge is 0.161 e. The Labute approximate surface area is 406 Å². The molecule has 0 bridgehead atoms. The third kappa shape index (κ3) is 6.22. The van der Waals surface area contributed by atoms with E-state index in [2.05, 4.69) is 171 Å². The van der Waals surface area contributed by atoms with Crippen LogP contribution in [0.4, 0.5) is 0 Å². The lowest BCUT2D eigenvalue weighted by Crippen LogP contribution is -2.03. The van der Waals surface area contributed by atoms with Gasteiger partial charge in [-0.1, -0.05) is 103 Å². The maximum atomic E-state index is 11.2. The predicted molar refractivity (Wildman–Crippen MR) is 280 cm³/mol.